The van der Waals surface area contributed by atoms with Crippen molar-refractivity contribution in [3.05, 3.63) is 53.1 Å². The fourth-order valence-corrected chi connectivity index (χ4v) is 2.05. The molecule has 0 aliphatic rings. The van der Waals surface area contributed by atoms with Crippen LogP contribution in [0.2, 0.25) is 0 Å². The Bertz CT molecular complexity index is 633. The average Bonchev–Trinajstić information content (AvgIpc) is 2.50. The zero-order chi connectivity index (χ0) is 14.7. The molecule has 2 rings (SSSR count). The van der Waals surface area contributed by atoms with Crippen molar-refractivity contribution in [2.75, 3.05) is 14.2 Å². The molecule has 0 saturated heterocycles. The van der Waals surface area contributed by atoms with E-state index in [1.54, 1.807) is 37.3 Å². The molecule has 0 aliphatic carbocycles. The average molecular weight is 272 g/mol. The van der Waals surface area contributed by atoms with Crippen LogP contribution < -0.4 is 9.47 Å². The number of rotatable bonds is 4. The number of carbonyl (C=O) groups is 1. The predicted molar refractivity (Wildman–Crippen MR) is 75.8 cm³/mol. The van der Waals surface area contributed by atoms with E-state index in [-0.39, 0.29) is 17.1 Å². The summed E-state index contributed by atoms with van der Waals surface area (Å²) in [5.41, 5.74) is 1.15. The Hall–Kier alpha value is -2.49. The van der Waals surface area contributed by atoms with Gasteiger partial charge in [0.25, 0.3) is 0 Å². The summed E-state index contributed by atoms with van der Waals surface area (Å²) < 4.78 is 10.4. The molecule has 4 heteroatoms. The first-order valence-corrected chi connectivity index (χ1v) is 6.14. The summed E-state index contributed by atoms with van der Waals surface area (Å²) in [6, 6.07) is 10.4. The summed E-state index contributed by atoms with van der Waals surface area (Å²) in [6.07, 6.45) is 0. The van der Waals surface area contributed by atoms with Gasteiger partial charge in [-0.1, -0.05) is 30.3 Å². The second kappa shape index (κ2) is 5.65. The topological polar surface area (TPSA) is 55.8 Å². The van der Waals surface area contributed by atoms with Crippen LogP contribution in [0.15, 0.2) is 36.4 Å². The Kier molecular flexibility index (Phi) is 3.94. The lowest BCUT2D eigenvalue weighted by atomic mass is 9.98. The highest BCUT2D eigenvalue weighted by Gasteiger charge is 2.23. The van der Waals surface area contributed by atoms with Crippen LogP contribution in [0.3, 0.4) is 0 Å². The monoisotopic (exact) mass is 272 g/mol. The Morgan fingerprint density at radius 3 is 2.20 bits per heavy atom. The fourth-order valence-electron chi connectivity index (χ4n) is 2.05. The summed E-state index contributed by atoms with van der Waals surface area (Å²) in [6.45, 7) is 1.69. The summed E-state index contributed by atoms with van der Waals surface area (Å²) in [7, 11) is 2.95. The van der Waals surface area contributed by atoms with E-state index in [2.05, 4.69) is 0 Å². The van der Waals surface area contributed by atoms with Crippen LogP contribution in [0.5, 0.6) is 17.2 Å². The van der Waals surface area contributed by atoms with E-state index < -0.39 is 0 Å². The van der Waals surface area contributed by atoms with E-state index in [0.717, 1.165) is 0 Å². The highest BCUT2D eigenvalue weighted by molar-refractivity contribution is 6.12. The SMILES string of the molecule is COc1cc(OC)c(C(=O)c2ccccc2)c(O)c1C. The van der Waals surface area contributed by atoms with Crippen molar-refractivity contribution in [1.29, 1.82) is 0 Å². The number of phenolic OH excluding ortho intramolecular Hbond substituents is 1. The molecule has 0 saturated carbocycles. The zero-order valence-corrected chi connectivity index (χ0v) is 11.6. The molecule has 2 aromatic rings. The largest absolute Gasteiger partial charge is 0.507 e. The highest BCUT2D eigenvalue weighted by Crippen LogP contribution is 2.38. The molecule has 2 aromatic carbocycles. The van der Waals surface area contributed by atoms with Crippen LogP contribution >= 0.6 is 0 Å². The number of hydrogen-bond donors (Lipinski definition) is 1. The number of ketones is 1. The number of hydrogen-bond acceptors (Lipinski definition) is 4. The predicted octanol–water partition coefficient (Wildman–Crippen LogP) is 2.95. The lowest BCUT2D eigenvalue weighted by Crippen LogP contribution is -2.06. The maximum absolute atomic E-state index is 12.5. The third kappa shape index (κ3) is 2.32. The molecule has 0 amide bonds. The van der Waals surface area contributed by atoms with Crippen LogP contribution in [0.4, 0.5) is 0 Å². The van der Waals surface area contributed by atoms with Gasteiger partial charge in [0.15, 0.2) is 0 Å². The number of methoxy groups -OCH3 is 2. The third-order valence-electron chi connectivity index (χ3n) is 3.17. The first-order chi connectivity index (χ1) is 9.60. The number of ether oxygens (including phenoxy) is 2. The minimum absolute atomic E-state index is 0.116. The van der Waals surface area contributed by atoms with Crippen molar-refractivity contribution in [3.8, 4) is 17.2 Å². The maximum atomic E-state index is 12.5. The zero-order valence-electron chi connectivity index (χ0n) is 11.6. The van der Waals surface area contributed by atoms with E-state index >= 15 is 0 Å². The molecular formula is C16H16O4. The second-order valence-electron chi connectivity index (χ2n) is 4.32. The summed E-state index contributed by atoms with van der Waals surface area (Å²) >= 11 is 0. The smallest absolute Gasteiger partial charge is 0.200 e. The van der Waals surface area contributed by atoms with Gasteiger partial charge in [-0.15, -0.1) is 0 Å². The Balaban J connectivity index is 2.62. The van der Waals surface area contributed by atoms with Crippen molar-refractivity contribution in [2.24, 2.45) is 0 Å². The molecule has 20 heavy (non-hydrogen) atoms. The van der Waals surface area contributed by atoms with Crippen molar-refractivity contribution < 1.29 is 19.4 Å². The normalized spacial score (nSPS) is 10.2. The molecule has 0 bridgehead atoms. The molecule has 0 aliphatic heterocycles. The molecule has 0 radical (unpaired) electrons. The van der Waals surface area contributed by atoms with Gasteiger partial charge in [-0.05, 0) is 6.92 Å². The Morgan fingerprint density at radius 2 is 1.65 bits per heavy atom. The van der Waals surface area contributed by atoms with Crippen molar-refractivity contribution in [3.63, 3.8) is 0 Å². The van der Waals surface area contributed by atoms with Crippen LogP contribution in [0.25, 0.3) is 0 Å². The summed E-state index contributed by atoms with van der Waals surface area (Å²) in [5.74, 6) is 0.364. The van der Waals surface area contributed by atoms with E-state index in [0.29, 0.717) is 22.6 Å². The van der Waals surface area contributed by atoms with Gasteiger partial charge in [0, 0.05) is 17.2 Å². The molecule has 104 valence electrons. The number of carbonyl (C=O) groups excluding carboxylic acids is 1. The minimum atomic E-state index is -0.286. The van der Waals surface area contributed by atoms with Crippen molar-refractivity contribution in [2.45, 2.75) is 6.92 Å². The van der Waals surface area contributed by atoms with Gasteiger partial charge in [-0.3, -0.25) is 4.79 Å². The minimum Gasteiger partial charge on any atom is -0.507 e. The van der Waals surface area contributed by atoms with Crippen molar-refractivity contribution >= 4 is 5.78 Å². The van der Waals surface area contributed by atoms with Gasteiger partial charge in [-0.2, -0.15) is 0 Å². The molecule has 0 aromatic heterocycles. The van der Waals surface area contributed by atoms with Gasteiger partial charge in [0.2, 0.25) is 5.78 Å². The number of phenols is 1. The first-order valence-electron chi connectivity index (χ1n) is 6.14. The lowest BCUT2D eigenvalue weighted by Gasteiger charge is -2.14. The van der Waals surface area contributed by atoms with Gasteiger partial charge in [0.1, 0.15) is 22.8 Å². The quantitative estimate of drug-likeness (QED) is 0.869. The number of benzene rings is 2. The van der Waals surface area contributed by atoms with E-state index in [1.165, 1.54) is 14.2 Å². The Labute approximate surface area is 117 Å². The summed E-state index contributed by atoms with van der Waals surface area (Å²) in [4.78, 5) is 12.5. The van der Waals surface area contributed by atoms with Gasteiger partial charge in [-0.25, -0.2) is 0 Å². The van der Waals surface area contributed by atoms with Crippen molar-refractivity contribution in [1.82, 2.24) is 0 Å². The number of aromatic hydroxyl groups is 1. The van der Waals surface area contributed by atoms with Gasteiger partial charge >= 0.3 is 0 Å². The maximum Gasteiger partial charge on any atom is 0.200 e. The molecule has 4 nitrogen and oxygen atoms in total. The molecule has 0 atom stereocenters. The van der Waals surface area contributed by atoms with E-state index in [4.69, 9.17) is 9.47 Å². The van der Waals surface area contributed by atoms with Gasteiger partial charge in [0.05, 0.1) is 14.2 Å². The van der Waals surface area contributed by atoms with E-state index in [9.17, 15) is 9.90 Å². The van der Waals surface area contributed by atoms with Crippen LogP contribution in [0, 0.1) is 6.92 Å². The fraction of sp³-hybridized carbons (Fsp3) is 0.188. The molecule has 0 spiro atoms. The molecule has 0 unspecified atom stereocenters. The van der Waals surface area contributed by atoms with Gasteiger partial charge < -0.3 is 14.6 Å². The molecule has 0 fully saturated rings. The molecule has 0 heterocycles. The first kappa shape index (κ1) is 13.9. The third-order valence-corrected chi connectivity index (χ3v) is 3.17. The van der Waals surface area contributed by atoms with Crippen LogP contribution in [0.1, 0.15) is 21.5 Å². The van der Waals surface area contributed by atoms with E-state index in [1.807, 2.05) is 6.07 Å². The second-order valence-corrected chi connectivity index (χ2v) is 4.32. The molecular weight excluding hydrogens is 256 g/mol. The summed E-state index contributed by atoms with van der Waals surface area (Å²) in [5, 5.41) is 10.3. The van der Waals surface area contributed by atoms with Crippen LogP contribution in [-0.2, 0) is 0 Å². The standard InChI is InChI=1S/C16H16O4/c1-10-12(19-2)9-13(20-3)14(15(10)17)16(18)11-7-5-4-6-8-11/h4-9,17H,1-3H3. The lowest BCUT2D eigenvalue weighted by molar-refractivity contribution is 0.103. The molecule has 1 N–H and O–H groups in total. The Morgan fingerprint density at radius 1 is 1.05 bits per heavy atom. The highest BCUT2D eigenvalue weighted by atomic mass is 16.5. The van der Waals surface area contributed by atoms with Crippen LogP contribution in [-0.4, -0.2) is 25.1 Å².